The molecule has 0 aliphatic carbocycles. The second-order valence-corrected chi connectivity index (χ2v) is 8.15. The Bertz CT molecular complexity index is 1040. The summed E-state index contributed by atoms with van der Waals surface area (Å²) in [6.45, 7) is 3.95. The van der Waals surface area contributed by atoms with E-state index in [0.29, 0.717) is 5.92 Å². The summed E-state index contributed by atoms with van der Waals surface area (Å²) in [5.41, 5.74) is 5.95. The molecule has 3 heterocycles. The second-order valence-electron chi connectivity index (χ2n) is 8.15. The van der Waals surface area contributed by atoms with Crippen molar-refractivity contribution in [2.75, 3.05) is 25.5 Å². The summed E-state index contributed by atoms with van der Waals surface area (Å²) in [7, 11) is 4.15. The Morgan fingerprint density at radius 1 is 1.21 bits per heavy atom. The fourth-order valence-electron chi connectivity index (χ4n) is 4.81. The van der Waals surface area contributed by atoms with E-state index < -0.39 is 0 Å². The molecule has 5 heteroatoms. The highest BCUT2D eigenvalue weighted by Gasteiger charge is 2.35. The number of aromatic amines is 1. The molecule has 0 saturated carbocycles. The quantitative estimate of drug-likeness (QED) is 0.719. The van der Waals surface area contributed by atoms with E-state index in [1.807, 2.05) is 6.07 Å². The second kappa shape index (κ2) is 6.52. The van der Waals surface area contributed by atoms with E-state index in [2.05, 4.69) is 54.0 Å². The van der Waals surface area contributed by atoms with Gasteiger partial charge in [-0.15, -0.1) is 0 Å². The summed E-state index contributed by atoms with van der Waals surface area (Å²) in [5.74, 6) is 1.25. The number of hydrogen-bond donors (Lipinski definition) is 1. The minimum Gasteiger partial charge on any atom is -0.474 e. The van der Waals surface area contributed by atoms with Gasteiger partial charge in [0.05, 0.1) is 6.54 Å². The SMILES string of the molecule is CCC1c2ccc(N3CCc4c([nH]c5ccc(F)cc45)C3)cc2OC1N(C)C. The minimum atomic E-state index is -0.173. The number of fused-ring (bicyclic) bond motifs is 4. The first-order valence-corrected chi connectivity index (χ1v) is 10.1. The van der Waals surface area contributed by atoms with Crippen LogP contribution in [0.5, 0.6) is 5.75 Å². The van der Waals surface area contributed by atoms with E-state index in [-0.39, 0.29) is 12.0 Å². The maximum Gasteiger partial charge on any atom is 0.159 e. The zero-order valence-corrected chi connectivity index (χ0v) is 16.6. The summed E-state index contributed by atoms with van der Waals surface area (Å²) in [6, 6.07) is 11.6. The van der Waals surface area contributed by atoms with Crippen molar-refractivity contribution < 1.29 is 9.13 Å². The number of H-pyrrole nitrogens is 1. The van der Waals surface area contributed by atoms with E-state index in [9.17, 15) is 4.39 Å². The summed E-state index contributed by atoms with van der Waals surface area (Å²) in [5, 5.41) is 1.02. The molecule has 1 N–H and O–H groups in total. The molecule has 2 unspecified atom stereocenters. The molecule has 2 aliphatic heterocycles. The van der Waals surface area contributed by atoms with Crippen molar-refractivity contribution >= 4 is 16.6 Å². The van der Waals surface area contributed by atoms with Gasteiger partial charge >= 0.3 is 0 Å². The number of halogens is 1. The first-order chi connectivity index (χ1) is 13.5. The zero-order valence-electron chi connectivity index (χ0n) is 16.6. The maximum absolute atomic E-state index is 13.7. The third-order valence-electron chi connectivity index (χ3n) is 6.24. The molecule has 0 radical (unpaired) electrons. The molecule has 5 rings (SSSR count). The van der Waals surface area contributed by atoms with Gasteiger partial charge in [0.1, 0.15) is 11.6 Å². The molecule has 0 bridgehead atoms. The first-order valence-electron chi connectivity index (χ1n) is 10.1. The molecular formula is C23H26FN3O. The molecule has 0 spiro atoms. The average molecular weight is 379 g/mol. The molecule has 2 atom stereocenters. The molecule has 4 nitrogen and oxygen atoms in total. The average Bonchev–Trinajstić information content (AvgIpc) is 3.24. The maximum atomic E-state index is 13.7. The van der Waals surface area contributed by atoms with E-state index in [0.717, 1.165) is 42.6 Å². The lowest BCUT2D eigenvalue weighted by atomic mass is 9.95. The van der Waals surface area contributed by atoms with Crippen LogP contribution in [0.2, 0.25) is 0 Å². The molecule has 146 valence electrons. The van der Waals surface area contributed by atoms with E-state index >= 15 is 0 Å². The van der Waals surface area contributed by atoms with Crippen LogP contribution < -0.4 is 9.64 Å². The van der Waals surface area contributed by atoms with Crippen LogP contribution in [-0.4, -0.2) is 36.8 Å². The highest BCUT2D eigenvalue weighted by molar-refractivity contribution is 5.85. The van der Waals surface area contributed by atoms with Gasteiger partial charge in [-0.05, 0) is 56.8 Å². The molecule has 0 fully saturated rings. The van der Waals surface area contributed by atoms with Gasteiger partial charge in [-0.25, -0.2) is 4.39 Å². The Labute approximate surface area is 164 Å². The van der Waals surface area contributed by atoms with Crippen molar-refractivity contribution in [3.63, 3.8) is 0 Å². The summed E-state index contributed by atoms with van der Waals surface area (Å²) >= 11 is 0. The van der Waals surface area contributed by atoms with E-state index in [4.69, 9.17) is 4.74 Å². The molecule has 0 amide bonds. The van der Waals surface area contributed by atoms with E-state index in [1.165, 1.54) is 28.6 Å². The number of nitrogens with one attached hydrogen (secondary N) is 1. The smallest absolute Gasteiger partial charge is 0.159 e. The summed E-state index contributed by atoms with van der Waals surface area (Å²) < 4.78 is 19.9. The Morgan fingerprint density at radius 2 is 2.07 bits per heavy atom. The number of ether oxygens (including phenoxy) is 1. The number of aromatic nitrogens is 1. The number of anilines is 1. The van der Waals surface area contributed by atoms with Crippen LogP contribution in [0, 0.1) is 5.82 Å². The van der Waals surface area contributed by atoms with Crippen molar-refractivity contribution in [2.45, 2.75) is 38.5 Å². The molecule has 28 heavy (non-hydrogen) atoms. The van der Waals surface area contributed by atoms with Gasteiger partial charge in [0.2, 0.25) is 0 Å². The molecule has 2 aromatic carbocycles. The summed E-state index contributed by atoms with van der Waals surface area (Å²) in [6.07, 6.45) is 2.08. The number of benzene rings is 2. The number of hydrogen-bond acceptors (Lipinski definition) is 3. The highest BCUT2D eigenvalue weighted by atomic mass is 19.1. The van der Waals surface area contributed by atoms with Crippen LogP contribution in [0.4, 0.5) is 10.1 Å². The third-order valence-corrected chi connectivity index (χ3v) is 6.24. The lowest BCUT2D eigenvalue weighted by Crippen LogP contribution is -2.34. The first kappa shape index (κ1) is 17.6. The number of nitrogens with zero attached hydrogens (tertiary/aromatic N) is 2. The minimum absolute atomic E-state index is 0.104. The predicted molar refractivity (Wildman–Crippen MR) is 111 cm³/mol. The largest absolute Gasteiger partial charge is 0.474 e. The number of rotatable bonds is 3. The van der Waals surface area contributed by atoms with Crippen LogP contribution in [0.3, 0.4) is 0 Å². The fraction of sp³-hybridized carbons (Fsp3) is 0.391. The van der Waals surface area contributed by atoms with E-state index in [1.54, 1.807) is 6.07 Å². The normalized spacial score (nSPS) is 21.1. The Morgan fingerprint density at radius 3 is 2.86 bits per heavy atom. The summed E-state index contributed by atoms with van der Waals surface area (Å²) in [4.78, 5) is 8.02. The van der Waals surface area contributed by atoms with Crippen LogP contribution in [0.25, 0.3) is 10.9 Å². The van der Waals surface area contributed by atoms with Crippen molar-refractivity contribution in [1.82, 2.24) is 9.88 Å². The van der Waals surface area contributed by atoms with Gasteiger partial charge in [-0.2, -0.15) is 0 Å². The topological polar surface area (TPSA) is 31.5 Å². The third kappa shape index (κ3) is 2.68. The molecule has 1 aromatic heterocycles. The van der Waals surface area contributed by atoms with Gasteiger partial charge in [-0.1, -0.05) is 13.0 Å². The molecule has 2 aliphatic rings. The number of likely N-dealkylation sites (N-methyl/N-ethyl adjacent to an activating group) is 1. The lowest BCUT2D eigenvalue weighted by molar-refractivity contribution is 0.0627. The lowest BCUT2D eigenvalue weighted by Gasteiger charge is -2.29. The molecular weight excluding hydrogens is 353 g/mol. The van der Waals surface area contributed by atoms with Crippen molar-refractivity contribution in [2.24, 2.45) is 0 Å². The molecule has 0 saturated heterocycles. The van der Waals surface area contributed by atoms with Crippen LogP contribution in [0.15, 0.2) is 36.4 Å². The Kier molecular flexibility index (Phi) is 4.09. The van der Waals surface area contributed by atoms with Gasteiger partial charge in [0.15, 0.2) is 6.23 Å². The van der Waals surface area contributed by atoms with Crippen LogP contribution in [0.1, 0.15) is 36.1 Å². The Hall–Kier alpha value is -2.53. The van der Waals surface area contributed by atoms with Gasteiger partial charge in [-0.3, -0.25) is 4.90 Å². The van der Waals surface area contributed by atoms with Gasteiger partial charge in [0.25, 0.3) is 0 Å². The predicted octanol–water partition coefficient (Wildman–Crippen LogP) is 4.64. The van der Waals surface area contributed by atoms with Crippen molar-refractivity contribution in [3.05, 3.63) is 59.0 Å². The molecule has 3 aromatic rings. The van der Waals surface area contributed by atoms with Crippen molar-refractivity contribution in [3.8, 4) is 5.75 Å². The van der Waals surface area contributed by atoms with Crippen LogP contribution >= 0.6 is 0 Å². The fourth-order valence-corrected chi connectivity index (χ4v) is 4.81. The van der Waals surface area contributed by atoms with Gasteiger partial charge < -0.3 is 14.6 Å². The van der Waals surface area contributed by atoms with Gasteiger partial charge in [0, 0.05) is 46.4 Å². The monoisotopic (exact) mass is 379 g/mol. The zero-order chi connectivity index (χ0) is 19.4. The van der Waals surface area contributed by atoms with Crippen LogP contribution in [-0.2, 0) is 13.0 Å². The standard InChI is InChI=1S/C23H26FN3O/c1-4-16-18-7-6-15(12-22(18)28-23(16)26(2)3)27-10-9-17-19-11-14(24)5-8-20(19)25-21(17)13-27/h5-8,11-12,16,23,25H,4,9-10,13H2,1-3H3. The Balaban J connectivity index is 1.45. The van der Waals surface area contributed by atoms with Crippen molar-refractivity contribution in [1.29, 1.82) is 0 Å². The highest BCUT2D eigenvalue weighted by Crippen LogP contribution is 2.43.